The number of benzene rings is 1. The number of hydrogen-bond donors (Lipinski definition) is 2. The fraction of sp³-hybridized carbons (Fsp3) is 0.526. The number of esters is 1. The fourth-order valence-corrected chi connectivity index (χ4v) is 2.66. The maximum absolute atomic E-state index is 12.4. The summed E-state index contributed by atoms with van der Waals surface area (Å²) in [5.74, 6) is -1.35. The van der Waals surface area contributed by atoms with Gasteiger partial charge >= 0.3 is 5.97 Å². The zero-order chi connectivity index (χ0) is 20.6. The highest BCUT2D eigenvalue weighted by Gasteiger charge is 2.27. The van der Waals surface area contributed by atoms with Crippen molar-refractivity contribution in [2.75, 3.05) is 13.2 Å². The summed E-state index contributed by atoms with van der Waals surface area (Å²) in [6, 6.07) is 3.55. The van der Waals surface area contributed by atoms with Crippen LogP contribution < -0.4 is 10.6 Å². The van der Waals surface area contributed by atoms with Gasteiger partial charge in [-0.25, -0.2) is 4.79 Å². The van der Waals surface area contributed by atoms with Gasteiger partial charge in [-0.15, -0.1) is 0 Å². The number of carbonyl (C=O) groups excluding carboxylic acids is 3. The number of rotatable bonds is 9. The molecule has 1 aromatic carbocycles. The molecular weight excluding hydrogens is 391 g/mol. The molecule has 0 fully saturated rings. The molecule has 0 unspecified atom stereocenters. The highest BCUT2D eigenvalue weighted by atomic mass is 35.5. The molecule has 0 aromatic heterocycles. The smallest absolute Gasteiger partial charge is 0.329 e. The summed E-state index contributed by atoms with van der Waals surface area (Å²) in [7, 11) is 0. The molecule has 0 saturated heterocycles. The lowest BCUT2D eigenvalue weighted by Gasteiger charge is -2.21. The molecule has 1 rings (SSSR count). The van der Waals surface area contributed by atoms with Crippen molar-refractivity contribution in [3.8, 4) is 0 Å². The Balaban J connectivity index is 2.62. The molecule has 0 saturated carbocycles. The minimum Gasteiger partial charge on any atom is -0.454 e. The van der Waals surface area contributed by atoms with Crippen molar-refractivity contribution in [1.82, 2.24) is 10.6 Å². The van der Waals surface area contributed by atoms with Crippen molar-refractivity contribution in [1.29, 1.82) is 0 Å². The molecule has 1 aromatic rings. The number of nitrogens with one attached hydrogen (secondary N) is 2. The van der Waals surface area contributed by atoms with Crippen molar-refractivity contribution >= 4 is 41.0 Å². The first-order valence-corrected chi connectivity index (χ1v) is 9.56. The predicted molar refractivity (Wildman–Crippen MR) is 106 cm³/mol. The molecule has 0 aliphatic heterocycles. The average Bonchev–Trinajstić information content (AvgIpc) is 2.56. The number of ether oxygens (including phenoxy) is 1. The summed E-state index contributed by atoms with van der Waals surface area (Å²) >= 11 is 11.9. The molecule has 0 heterocycles. The van der Waals surface area contributed by atoms with Gasteiger partial charge in [0.1, 0.15) is 6.04 Å². The molecule has 27 heavy (non-hydrogen) atoms. The molecular formula is C19H26Cl2N2O4. The number of carbonyl (C=O) groups is 3. The first kappa shape index (κ1) is 23.2. The van der Waals surface area contributed by atoms with E-state index in [0.717, 1.165) is 6.42 Å². The van der Waals surface area contributed by atoms with E-state index in [1.54, 1.807) is 13.8 Å². The predicted octanol–water partition coefficient (Wildman–Crippen LogP) is 3.45. The van der Waals surface area contributed by atoms with E-state index in [4.69, 9.17) is 27.9 Å². The second-order valence-electron chi connectivity index (χ2n) is 6.96. The van der Waals surface area contributed by atoms with Crippen molar-refractivity contribution in [3.05, 3.63) is 33.8 Å². The summed E-state index contributed by atoms with van der Waals surface area (Å²) in [6.07, 6.45) is 0.839. The average molecular weight is 417 g/mol. The van der Waals surface area contributed by atoms with Gasteiger partial charge in [-0.2, -0.15) is 0 Å². The SMILES string of the molecule is CC(C)CCNC(=O)COC(=O)[C@@H](NC(=O)c1ccc(Cl)cc1Cl)C(C)C. The van der Waals surface area contributed by atoms with Gasteiger partial charge in [0, 0.05) is 11.6 Å². The minimum atomic E-state index is -0.910. The molecule has 0 spiro atoms. The quantitative estimate of drug-likeness (QED) is 0.603. The summed E-state index contributed by atoms with van der Waals surface area (Å²) in [5.41, 5.74) is 0.200. The van der Waals surface area contributed by atoms with Gasteiger partial charge in [-0.3, -0.25) is 9.59 Å². The standard InChI is InChI=1S/C19H26Cl2N2O4/c1-11(2)7-8-22-16(24)10-27-19(26)17(12(3)4)23-18(25)14-6-5-13(20)9-15(14)21/h5-6,9,11-12,17H,7-8,10H2,1-4H3,(H,22,24)(H,23,25)/t17-/m0/s1. The first-order chi connectivity index (χ1) is 12.6. The normalized spacial score (nSPS) is 12.0. The Bertz CT molecular complexity index is 678. The number of halogens is 2. The van der Waals surface area contributed by atoms with Crippen LogP contribution in [0, 0.1) is 11.8 Å². The highest BCUT2D eigenvalue weighted by molar-refractivity contribution is 6.36. The molecule has 2 N–H and O–H groups in total. The number of amides is 2. The molecule has 8 heteroatoms. The van der Waals surface area contributed by atoms with Gasteiger partial charge in [-0.05, 0) is 36.5 Å². The maximum atomic E-state index is 12.4. The summed E-state index contributed by atoms with van der Waals surface area (Å²) < 4.78 is 5.05. The van der Waals surface area contributed by atoms with Crippen LogP contribution in [0.1, 0.15) is 44.5 Å². The molecule has 0 bridgehead atoms. The molecule has 150 valence electrons. The van der Waals surface area contributed by atoms with Crippen LogP contribution in [0.25, 0.3) is 0 Å². The summed E-state index contributed by atoms with van der Waals surface area (Å²) in [4.78, 5) is 36.5. The zero-order valence-corrected chi connectivity index (χ0v) is 17.5. The molecule has 2 amide bonds. The van der Waals surface area contributed by atoms with Crippen molar-refractivity contribution < 1.29 is 19.1 Å². The molecule has 0 aliphatic carbocycles. The minimum absolute atomic E-state index is 0.181. The third-order valence-corrected chi connectivity index (χ3v) is 4.32. The monoisotopic (exact) mass is 416 g/mol. The van der Waals surface area contributed by atoms with E-state index < -0.39 is 24.5 Å². The van der Waals surface area contributed by atoms with Crippen LogP contribution in [0.2, 0.25) is 10.0 Å². The topological polar surface area (TPSA) is 84.5 Å². The van der Waals surface area contributed by atoms with E-state index in [1.807, 2.05) is 0 Å². The van der Waals surface area contributed by atoms with Gasteiger partial charge in [0.05, 0.1) is 10.6 Å². The lowest BCUT2D eigenvalue weighted by Crippen LogP contribution is -2.46. The Morgan fingerprint density at radius 2 is 1.78 bits per heavy atom. The third-order valence-electron chi connectivity index (χ3n) is 3.77. The van der Waals surface area contributed by atoms with E-state index in [-0.39, 0.29) is 22.4 Å². The number of hydrogen-bond acceptors (Lipinski definition) is 4. The zero-order valence-electron chi connectivity index (χ0n) is 16.0. The Labute approximate surface area is 169 Å². The van der Waals surface area contributed by atoms with E-state index in [2.05, 4.69) is 24.5 Å². The van der Waals surface area contributed by atoms with Gasteiger partial charge in [0.2, 0.25) is 0 Å². The fourth-order valence-electron chi connectivity index (χ4n) is 2.17. The third kappa shape index (κ3) is 8.18. The summed E-state index contributed by atoms with van der Waals surface area (Å²) in [6.45, 7) is 7.76. The van der Waals surface area contributed by atoms with Crippen molar-refractivity contribution in [2.45, 2.75) is 40.2 Å². The lowest BCUT2D eigenvalue weighted by atomic mass is 10.0. The van der Waals surface area contributed by atoms with Crippen LogP contribution in [0.4, 0.5) is 0 Å². The Morgan fingerprint density at radius 3 is 2.33 bits per heavy atom. The second-order valence-corrected chi connectivity index (χ2v) is 7.80. The first-order valence-electron chi connectivity index (χ1n) is 8.81. The van der Waals surface area contributed by atoms with Crippen LogP contribution in [0.3, 0.4) is 0 Å². The van der Waals surface area contributed by atoms with E-state index in [9.17, 15) is 14.4 Å². The van der Waals surface area contributed by atoms with Crippen molar-refractivity contribution in [3.63, 3.8) is 0 Å². The van der Waals surface area contributed by atoms with Crippen LogP contribution in [-0.2, 0) is 14.3 Å². The Hall–Kier alpha value is -1.79. The van der Waals surface area contributed by atoms with Crippen LogP contribution >= 0.6 is 23.2 Å². The van der Waals surface area contributed by atoms with E-state index in [0.29, 0.717) is 17.5 Å². The molecule has 1 atom stereocenters. The lowest BCUT2D eigenvalue weighted by molar-refractivity contribution is -0.151. The van der Waals surface area contributed by atoms with Crippen molar-refractivity contribution in [2.24, 2.45) is 11.8 Å². The van der Waals surface area contributed by atoms with Gasteiger partial charge in [0.15, 0.2) is 6.61 Å². The van der Waals surface area contributed by atoms with Crippen LogP contribution in [0.5, 0.6) is 0 Å². The molecule has 6 nitrogen and oxygen atoms in total. The summed E-state index contributed by atoms with van der Waals surface area (Å²) in [5, 5.41) is 5.87. The van der Waals surface area contributed by atoms with Gasteiger partial charge < -0.3 is 15.4 Å². The Morgan fingerprint density at radius 1 is 1.11 bits per heavy atom. The van der Waals surface area contributed by atoms with E-state index >= 15 is 0 Å². The van der Waals surface area contributed by atoms with Crippen LogP contribution in [-0.4, -0.2) is 37.0 Å². The largest absolute Gasteiger partial charge is 0.454 e. The van der Waals surface area contributed by atoms with Gasteiger partial charge in [0.25, 0.3) is 11.8 Å². The Kier molecular flexibility index (Phi) is 9.60. The maximum Gasteiger partial charge on any atom is 0.329 e. The van der Waals surface area contributed by atoms with Gasteiger partial charge in [-0.1, -0.05) is 50.9 Å². The second kappa shape index (κ2) is 11.1. The molecule has 0 radical (unpaired) electrons. The highest BCUT2D eigenvalue weighted by Crippen LogP contribution is 2.21. The van der Waals surface area contributed by atoms with E-state index in [1.165, 1.54) is 18.2 Å². The van der Waals surface area contributed by atoms with Crippen LogP contribution in [0.15, 0.2) is 18.2 Å². The molecule has 0 aliphatic rings.